The fraction of sp³-hybridized carbons (Fsp3) is 0.417. The van der Waals surface area contributed by atoms with Gasteiger partial charge in [-0.05, 0) is 31.2 Å². The van der Waals surface area contributed by atoms with Gasteiger partial charge >= 0.3 is 0 Å². The predicted molar refractivity (Wildman–Crippen MR) is 76.0 cm³/mol. The van der Waals surface area contributed by atoms with Crippen molar-refractivity contribution in [2.45, 2.75) is 12.3 Å². The van der Waals surface area contributed by atoms with Crippen LogP contribution in [0.4, 0.5) is 10.1 Å². The number of sulfonamides is 1. The molecular weight excluding hydrogens is 299 g/mol. The van der Waals surface area contributed by atoms with Crippen molar-refractivity contribution < 1.29 is 17.6 Å². The summed E-state index contributed by atoms with van der Waals surface area (Å²) in [6.07, 6.45) is 0. The Labute approximate surface area is 122 Å². The van der Waals surface area contributed by atoms with Crippen LogP contribution in [0.3, 0.4) is 0 Å². The predicted octanol–water partition coefficient (Wildman–Crippen LogP) is -0.246. The average Bonchev–Trinajstić information content (AvgIpc) is 2.92. The van der Waals surface area contributed by atoms with Gasteiger partial charge in [-0.1, -0.05) is 0 Å². The SMILES string of the molecule is CCNC(=O)C1CNNC1S(=O)(=O)Nc1ccc(F)cc1. The van der Waals surface area contributed by atoms with Gasteiger partial charge in [0.15, 0.2) is 5.37 Å². The zero-order chi connectivity index (χ0) is 15.5. The van der Waals surface area contributed by atoms with E-state index in [9.17, 15) is 17.6 Å². The van der Waals surface area contributed by atoms with E-state index >= 15 is 0 Å². The molecule has 2 unspecified atom stereocenters. The summed E-state index contributed by atoms with van der Waals surface area (Å²) in [6, 6.07) is 4.94. The Bertz CT molecular complexity index is 605. The van der Waals surface area contributed by atoms with Crippen LogP contribution in [0.1, 0.15) is 6.92 Å². The van der Waals surface area contributed by atoms with Gasteiger partial charge in [0.05, 0.1) is 5.92 Å². The highest BCUT2D eigenvalue weighted by Crippen LogP contribution is 2.18. The lowest BCUT2D eigenvalue weighted by Gasteiger charge is -2.19. The second-order valence-electron chi connectivity index (χ2n) is 4.60. The molecule has 0 aromatic heterocycles. The fourth-order valence-corrected chi connectivity index (χ4v) is 3.53. The number of hydrazine groups is 1. The van der Waals surface area contributed by atoms with E-state index in [4.69, 9.17) is 0 Å². The van der Waals surface area contributed by atoms with Crippen LogP contribution < -0.4 is 20.9 Å². The highest BCUT2D eigenvalue weighted by Gasteiger charge is 2.41. The largest absolute Gasteiger partial charge is 0.356 e. The maximum Gasteiger partial charge on any atom is 0.250 e. The van der Waals surface area contributed by atoms with Crippen molar-refractivity contribution in [1.82, 2.24) is 16.2 Å². The molecule has 0 radical (unpaired) electrons. The van der Waals surface area contributed by atoms with Gasteiger partial charge in [0.1, 0.15) is 5.82 Å². The number of anilines is 1. The first-order chi connectivity index (χ1) is 9.94. The normalized spacial score (nSPS) is 22.0. The fourth-order valence-electron chi connectivity index (χ4n) is 2.05. The van der Waals surface area contributed by atoms with E-state index in [0.717, 1.165) is 12.1 Å². The quantitative estimate of drug-likeness (QED) is 0.600. The van der Waals surface area contributed by atoms with Gasteiger partial charge in [-0.25, -0.2) is 18.2 Å². The first-order valence-corrected chi connectivity index (χ1v) is 8.02. The summed E-state index contributed by atoms with van der Waals surface area (Å²) in [7, 11) is -3.85. The van der Waals surface area contributed by atoms with E-state index in [1.54, 1.807) is 6.92 Å². The maximum absolute atomic E-state index is 12.8. The molecule has 0 aliphatic carbocycles. The lowest BCUT2D eigenvalue weighted by Crippen LogP contribution is -2.46. The van der Waals surface area contributed by atoms with Gasteiger partial charge in [-0.15, -0.1) is 0 Å². The lowest BCUT2D eigenvalue weighted by atomic mass is 10.1. The van der Waals surface area contributed by atoms with Gasteiger partial charge in [-0.3, -0.25) is 14.9 Å². The third kappa shape index (κ3) is 3.69. The number of amides is 1. The Morgan fingerprint density at radius 1 is 1.38 bits per heavy atom. The van der Waals surface area contributed by atoms with Crippen LogP contribution in [0.2, 0.25) is 0 Å². The number of carbonyl (C=O) groups excluding carboxylic acids is 1. The maximum atomic E-state index is 12.8. The first-order valence-electron chi connectivity index (χ1n) is 6.47. The third-order valence-corrected chi connectivity index (χ3v) is 4.69. The second-order valence-corrected chi connectivity index (χ2v) is 6.40. The number of hydrogen-bond donors (Lipinski definition) is 4. The molecule has 0 bridgehead atoms. The molecular formula is C12H17FN4O3S. The highest BCUT2D eigenvalue weighted by atomic mass is 32.2. The lowest BCUT2D eigenvalue weighted by molar-refractivity contribution is -0.124. The molecule has 7 nitrogen and oxygen atoms in total. The molecule has 0 spiro atoms. The molecule has 2 atom stereocenters. The summed E-state index contributed by atoms with van der Waals surface area (Å²) < 4.78 is 39.8. The molecule has 1 heterocycles. The molecule has 1 aromatic carbocycles. The van der Waals surface area contributed by atoms with E-state index in [1.165, 1.54) is 12.1 Å². The minimum Gasteiger partial charge on any atom is -0.356 e. The van der Waals surface area contributed by atoms with Crippen molar-refractivity contribution in [3.63, 3.8) is 0 Å². The van der Waals surface area contributed by atoms with Crippen molar-refractivity contribution in [1.29, 1.82) is 0 Å². The molecule has 9 heteroatoms. The summed E-state index contributed by atoms with van der Waals surface area (Å²) in [4.78, 5) is 11.9. The van der Waals surface area contributed by atoms with Crippen molar-refractivity contribution in [2.24, 2.45) is 5.92 Å². The zero-order valence-electron chi connectivity index (χ0n) is 11.4. The van der Waals surface area contributed by atoms with E-state index in [0.29, 0.717) is 6.54 Å². The van der Waals surface area contributed by atoms with Gasteiger partial charge in [0, 0.05) is 18.8 Å². The number of hydrogen-bond acceptors (Lipinski definition) is 5. The number of nitrogens with one attached hydrogen (secondary N) is 4. The van der Waals surface area contributed by atoms with E-state index in [2.05, 4.69) is 20.9 Å². The van der Waals surface area contributed by atoms with Crippen LogP contribution >= 0.6 is 0 Å². The molecule has 4 N–H and O–H groups in total. The molecule has 1 aromatic rings. The minimum atomic E-state index is -3.85. The monoisotopic (exact) mass is 316 g/mol. The molecule has 1 fully saturated rings. The highest BCUT2D eigenvalue weighted by molar-refractivity contribution is 7.93. The number of rotatable bonds is 5. The number of halogens is 1. The van der Waals surface area contributed by atoms with Crippen LogP contribution in [0.25, 0.3) is 0 Å². The minimum absolute atomic E-state index is 0.209. The van der Waals surface area contributed by atoms with Crippen molar-refractivity contribution in [3.05, 3.63) is 30.1 Å². The molecule has 21 heavy (non-hydrogen) atoms. The van der Waals surface area contributed by atoms with Crippen LogP contribution in [0.15, 0.2) is 24.3 Å². The van der Waals surface area contributed by atoms with E-state index in [1.807, 2.05) is 0 Å². The van der Waals surface area contributed by atoms with Crippen LogP contribution in [-0.2, 0) is 14.8 Å². The Hall–Kier alpha value is -1.71. The topological polar surface area (TPSA) is 99.3 Å². The standard InChI is InChI=1S/C12H17FN4O3S/c1-2-14-11(18)10-7-15-16-12(10)21(19,20)17-9-5-3-8(13)4-6-9/h3-6,10,12,15-17H,2,7H2,1H3,(H,14,18). The number of carbonyl (C=O) groups is 1. The smallest absolute Gasteiger partial charge is 0.250 e. The summed E-state index contributed by atoms with van der Waals surface area (Å²) in [5.41, 5.74) is 5.49. The zero-order valence-corrected chi connectivity index (χ0v) is 12.2. The first kappa shape index (κ1) is 15.7. The van der Waals surface area contributed by atoms with Gasteiger partial charge in [0.25, 0.3) is 10.0 Å². The Morgan fingerprint density at radius 2 is 2.05 bits per heavy atom. The molecule has 1 saturated heterocycles. The molecule has 116 valence electrons. The van der Waals surface area contributed by atoms with E-state index in [-0.39, 0.29) is 18.1 Å². The molecule has 1 aliphatic heterocycles. The third-order valence-electron chi connectivity index (χ3n) is 3.06. The Balaban J connectivity index is 2.14. The van der Waals surface area contributed by atoms with Crippen molar-refractivity contribution in [2.75, 3.05) is 17.8 Å². The second kappa shape index (κ2) is 6.37. The average molecular weight is 316 g/mol. The summed E-state index contributed by atoms with van der Waals surface area (Å²) in [5.74, 6) is -1.55. The van der Waals surface area contributed by atoms with Gasteiger partial charge in [0.2, 0.25) is 5.91 Å². The molecule has 2 rings (SSSR count). The van der Waals surface area contributed by atoms with E-state index < -0.39 is 27.1 Å². The van der Waals surface area contributed by atoms with Crippen molar-refractivity contribution >= 4 is 21.6 Å². The Kier molecular flexibility index (Phi) is 4.76. The molecule has 1 aliphatic rings. The summed E-state index contributed by atoms with van der Waals surface area (Å²) in [6.45, 7) is 2.39. The number of benzene rings is 1. The van der Waals surface area contributed by atoms with Gasteiger partial charge < -0.3 is 5.32 Å². The molecule has 0 saturated carbocycles. The van der Waals surface area contributed by atoms with Crippen LogP contribution in [0, 0.1) is 11.7 Å². The van der Waals surface area contributed by atoms with Crippen LogP contribution in [0.5, 0.6) is 0 Å². The van der Waals surface area contributed by atoms with Gasteiger partial charge in [-0.2, -0.15) is 0 Å². The Morgan fingerprint density at radius 3 is 2.67 bits per heavy atom. The molecule has 1 amide bonds. The summed E-state index contributed by atoms with van der Waals surface area (Å²) in [5, 5.41) is 1.50. The van der Waals surface area contributed by atoms with Crippen LogP contribution in [-0.4, -0.2) is 32.8 Å². The summed E-state index contributed by atoms with van der Waals surface area (Å²) >= 11 is 0. The van der Waals surface area contributed by atoms with Crippen molar-refractivity contribution in [3.8, 4) is 0 Å².